The summed E-state index contributed by atoms with van der Waals surface area (Å²) in [5, 5.41) is 1.05. The largest absolute Gasteiger partial charge is 0.465 e. The smallest absolute Gasteiger partial charge is 0.337 e. The second kappa shape index (κ2) is 7.05. The van der Waals surface area contributed by atoms with Crippen LogP contribution in [0.5, 0.6) is 0 Å². The first kappa shape index (κ1) is 17.6. The molecule has 1 aliphatic carbocycles. The number of benzene rings is 2. The monoisotopic (exact) mass is 380 g/mol. The van der Waals surface area contributed by atoms with Gasteiger partial charge in [0.15, 0.2) is 5.43 Å². The number of carbonyl (C=O) groups is 1. The highest BCUT2D eigenvalue weighted by Crippen LogP contribution is 2.34. The van der Waals surface area contributed by atoms with Gasteiger partial charge in [0.2, 0.25) is 0 Å². The van der Waals surface area contributed by atoms with Crippen LogP contribution in [-0.2, 0) is 11.2 Å². The number of ether oxygens (including phenoxy) is 1. The van der Waals surface area contributed by atoms with Gasteiger partial charge in [0.25, 0.3) is 0 Å². The van der Waals surface area contributed by atoms with Gasteiger partial charge in [-0.25, -0.2) is 4.79 Å². The predicted molar refractivity (Wildman–Crippen MR) is 106 cm³/mol. The first-order chi connectivity index (χ1) is 13.1. The Bertz CT molecular complexity index is 1140. The van der Waals surface area contributed by atoms with Crippen LogP contribution in [0.2, 0.25) is 5.02 Å². The van der Waals surface area contributed by atoms with Gasteiger partial charge in [0, 0.05) is 10.6 Å². The summed E-state index contributed by atoms with van der Waals surface area (Å²) in [5.41, 5.74) is 3.19. The van der Waals surface area contributed by atoms with Crippen molar-refractivity contribution in [3.05, 3.63) is 80.2 Å². The number of hydrogen-bond donors (Lipinski definition) is 0. The van der Waals surface area contributed by atoms with E-state index in [0.29, 0.717) is 39.3 Å². The van der Waals surface area contributed by atoms with Gasteiger partial charge in [0.05, 0.1) is 18.1 Å². The number of hydrogen-bond acceptors (Lipinski definition) is 4. The summed E-state index contributed by atoms with van der Waals surface area (Å²) in [6, 6.07) is 12.4. The Morgan fingerprint density at radius 3 is 2.78 bits per heavy atom. The van der Waals surface area contributed by atoms with Gasteiger partial charge >= 0.3 is 5.97 Å². The summed E-state index contributed by atoms with van der Waals surface area (Å²) in [6.07, 6.45) is 4.30. The van der Waals surface area contributed by atoms with Crippen LogP contribution in [0, 0.1) is 0 Å². The lowest BCUT2D eigenvalue weighted by molar-refractivity contribution is 0.0601. The maximum atomic E-state index is 13.0. The minimum atomic E-state index is -0.478. The van der Waals surface area contributed by atoms with E-state index >= 15 is 0 Å². The second-order valence-electron chi connectivity index (χ2n) is 6.49. The molecule has 4 nitrogen and oxygen atoms in total. The Morgan fingerprint density at radius 1 is 1.19 bits per heavy atom. The zero-order chi connectivity index (χ0) is 19.0. The van der Waals surface area contributed by atoms with Gasteiger partial charge in [0.1, 0.15) is 11.3 Å². The van der Waals surface area contributed by atoms with E-state index in [4.69, 9.17) is 20.8 Å². The van der Waals surface area contributed by atoms with Gasteiger partial charge in [-0.15, -0.1) is 0 Å². The van der Waals surface area contributed by atoms with Crippen molar-refractivity contribution in [2.45, 2.75) is 19.3 Å². The van der Waals surface area contributed by atoms with E-state index in [9.17, 15) is 9.59 Å². The van der Waals surface area contributed by atoms with E-state index in [1.807, 2.05) is 30.3 Å². The molecule has 0 atom stereocenters. The van der Waals surface area contributed by atoms with Gasteiger partial charge in [-0.3, -0.25) is 4.79 Å². The standard InChI is InChI=1S/C22H17ClO4/c1-26-22(25)15-9-10-19-17(12-15)20(24)16-7-4-6-14(21(16)27-19)11-13-5-2-3-8-18(13)23/h2-3,5,8-12H,4,6-7H2,1H3. The molecule has 0 N–H and O–H groups in total. The van der Waals surface area contributed by atoms with Crippen LogP contribution < -0.4 is 5.43 Å². The molecule has 4 rings (SSSR count). The lowest BCUT2D eigenvalue weighted by atomic mass is 9.90. The molecule has 27 heavy (non-hydrogen) atoms. The Kier molecular flexibility index (Phi) is 4.58. The number of rotatable bonds is 2. The van der Waals surface area contributed by atoms with Crippen molar-refractivity contribution in [1.29, 1.82) is 0 Å². The molecule has 1 aliphatic rings. The van der Waals surface area contributed by atoms with E-state index in [-0.39, 0.29) is 5.43 Å². The van der Waals surface area contributed by atoms with Gasteiger partial charge in [-0.1, -0.05) is 29.8 Å². The molecule has 136 valence electrons. The SMILES string of the molecule is COC(=O)c1ccc2oc3c(c(=O)c2c1)CCCC3=Cc1ccccc1Cl. The van der Waals surface area contributed by atoms with Gasteiger partial charge in [-0.05, 0) is 60.7 Å². The summed E-state index contributed by atoms with van der Waals surface area (Å²) in [5.74, 6) is 0.137. The lowest BCUT2D eigenvalue weighted by Crippen LogP contribution is -2.16. The normalized spacial score (nSPS) is 15.0. The molecule has 0 saturated carbocycles. The highest BCUT2D eigenvalue weighted by molar-refractivity contribution is 6.32. The fourth-order valence-corrected chi connectivity index (χ4v) is 3.64. The molecule has 1 aromatic heterocycles. The highest BCUT2D eigenvalue weighted by atomic mass is 35.5. The topological polar surface area (TPSA) is 56.5 Å². The van der Waals surface area contributed by atoms with Crippen LogP contribution in [0.15, 0.2) is 51.7 Å². The first-order valence-electron chi connectivity index (χ1n) is 8.72. The highest BCUT2D eigenvalue weighted by Gasteiger charge is 2.22. The molecule has 5 heteroatoms. The molecular formula is C22H17ClO4. The van der Waals surface area contributed by atoms with Crippen LogP contribution in [0.1, 0.15) is 40.1 Å². The van der Waals surface area contributed by atoms with Crippen molar-refractivity contribution < 1.29 is 13.9 Å². The van der Waals surface area contributed by atoms with E-state index in [1.54, 1.807) is 18.2 Å². The molecule has 1 heterocycles. The summed E-state index contributed by atoms with van der Waals surface area (Å²) < 4.78 is 10.8. The molecule has 0 saturated heterocycles. The van der Waals surface area contributed by atoms with Crippen LogP contribution in [-0.4, -0.2) is 13.1 Å². The second-order valence-corrected chi connectivity index (χ2v) is 6.89. The zero-order valence-corrected chi connectivity index (χ0v) is 15.5. The predicted octanol–water partition coefficient (Wildman–Crippen LogP) is 5.11. The number of halogens is 1. The minimum Gasteiger partial charge on any atom is -0.465 e. The molecule has 0 spiro atoms. The molecule has 3 aromatic rings. The van der Waals surface area contributed by atoms with E-state index in [2.05, 4.69) is 0 Å². The van der Waals surface area contributed by atoms with Crippen molar-refractivity contribution in [2.75, 3.05) is 7.11 Å². The number of carbonyl (C=O) groups excluding carboxylic acids is 1. The minimum absolute atomic E-state index is 0.0956. The van der Waals surface area contributed by atoms with Crippen molar-refractivity contribution >= 4 is 40.2 Å². The van der Waals surface area contributed by atoms with Crippen molar-refractivity contribution in [3.8, 4) is 0 Å². The maximum Gasteiger partial charge on any atom is 0.337 e. The van der Waals surface area contributed by atoms with E-state index in [1.165, 1.54) is 7.11 Å². The Labute approximate surface area is 161 Å². The Balaban J connectivity index is 1.90. The molecule has 0 amide bonds. The molecule has 0 bridgehead atoms. The fraction of sp³-hybridized carbons (Fsp3) is 0.182. The van der Waals surface area contributed by atoms with Crippen LogP contribution in [0.3, 0.4) is 0 Å². The van der Waals surface area contributed by atoms with Crippen molar-refractivity contribution in [2.24, 2.45) is 0 Å². The zero-order valence-electron chi connectivity index (χ0n) is 14.8. The van der Waals surface area contributed by atoms with Crippen LogP contribution >= 0.6 is 11.6 Å². The third kappa shape index (κ3) is 3.17. The lowest BCUT2D eigenvalue weighted by Gasteiger charge is -2.18. The first-order valence-corrected chi connectivity index (χ1v) is 9.10. The molecule has 2 aromatic carbocycles. The Hall–Kier alpha value is -2.85. The fourth-order valence-electron chi connectivity index (χ4n) is 3.45. The maximum absolute atomic E-state index is 13.0. The van der Waals surface area contributed by atoms with Crippen molar-refractivity contribution in [1.82, 2.24) is 0 Å². The molecule has 0 radical (unpaired) electrons. The summed E-state index contributed by atoms with van der Waals surface area (Å²) >= 11 is 6.28. The van der Waals surface area contributed by atoms with Crippen molar-refractivity contribution in [3.63, 3.8) is 0 Å². The Morgan fingerprint density at radius 2 is 2.00 bits per heavy atom. The number of fused-ring (bicyclic) bond motifs is 2. The summed E-state index contributed by atoms with van der Waals surface area (Å²) in [4.78, 5) is 24.8. The van der Waals surface area contributed by atoms with Crippen LogP contribution in [0.25, 0.3) is 22.6 Å². The molecular weight excluding hydrogens is 364 g/mol. The van der Waals surface area contributed by atoms with E-state index in [0.717, 1.165) is 24.0 Å². The molecule has 0 aliphatic heterocycles. The number of esters is 1. The van der Waals surface area contributed by atoms with Gasteiger partial charge < -0.3 is 9.15 Å². The number of allylic oxidation sites excluding steroid dienone is 1. The third-order valence-electron chi connectivity index (χ3n) is 4.80. The molecule has 0 fully saturated rings. The average molecular weight is 381 g/mol. The number of methoxy groups -OCH3 is 1. The quantitative estimate of drug-likeness (QED) is 0.580. The molecule has 0 unspecified atom stereocenters. The van der Waals surface area contributed by atoms with Crippen LogP contribution in [0.4, 0.5) is 0 Å². The summed E-state index contributed by atoms with van der Waals surface area (Å²) in [6.45, 7) is 0. The third-order valence-corrected chi connectivity index (χ3v) is 5.15. The average Bonchev–Trinajstić information content (AvgIpc) is 2.69. The van der Waals surface area contributed by atoms with Gasteiger partial charge in [-0.2, -0.15) is 0 Å². The summed E-state index contributed by atoms with van der Waals surface area (Å²) in [7, 11) is 1.31. The van der Waals surface area contributed by atoms with E-state index < -0.39 is 5.97 Å².